The number of para-hydroxylation sites is 1. The quantitative estimate of drug-likeness (QED) is 0.811. The Bertz CT molecular complexity index is 406. The molecule has 0 spiro atoms. The van der Waals surface area contributed by atoms with Gasteiger partial charge < -0.3 is 15.4 Å². The van der Waals surface area contributed by atoms with Gasteiger partial charge in [0, 0.05) is 12.2 Å². The topological polar surface area (TPSA) is 50.4 Å². The van der Waals surface area contributed by atoms with Crippen LogP contribution in [0.3, 0.4) is 0 Å². The lowest BCUT2D eigenvalue weighted by atomic mass is 10.1. The van der Waals surface area contributed by atoms with E-state index in [1.165, 1.54) is 0 Å². The monoisotopic (exact) mass is 234 g/mol. The predicted molar refractivity (Wildman–Crippen MR) is 67.0 cm³/mol. The maximum Gasteiger partial charge on any atom is 0.244 e. The average molecular weight is 234 g/mol. The number of anilines is 1. The number of hydrogen-bond acceptors (Lipinski definition) is 3. The summed E-state index contributed by atoms with van der Waals surface area (Å²) in [4.78, 5) is 12.1. The number of carbonyl (C=O) groups is 1. The molecule has 1 aromatic carbocycles. The summed E-state index contributed by atoms with van der Waals surface area (Å²) in [6.45, 7) is 5.27. The molecule has 0 saturated carbocycles. The van der Waals surface area contributed by atoms with Crippen LogP contribution in [0.1, 0.15) is 12.5 Å². The maximum atomic E-state index is 12.1. The normalized spacial score (nSPS) is 24.4. The van der Waals surface area contributed by atoms with E-state index in [4.69, 9.17) is 4.74 Å². The van der Waals surface area contributed by atoms with E-state index in [9.17, 15) is 4.79 Å². The van der Waals surface area contributed by atoms with Crippen molar-refractivity contribution >= 4 is 11.6 Å². The third kappa shape index (κ3) is 2.84. The molecule has 0 aliphatic carbocycles. The molecule has 17 heavy (non-hydrogen) atoms. The zero-order valence-corrected chi connectivity index (χ0v) is 10.2. The highest BCUT2D eigenvalue weighted by Crippen LogP contribution is 2.14. The van der Waals surface area contributed by atoms with Crippen molar-refractivity contribution in [3.05, 3.63) is 29.8 Å². The molecule has 1 saturated heterocycles. The van der Waals surface area contributed by atoms with Gasteiger partial charge in [0.2, 0.25) is 5.91 Å². The summed E-state index contributed by atoms with van der Waals surface area (Å²) in [5, 5.41) is 6.10. The number of nitrogens with one attached hydrogen (secondary N) is 2. The Morgan fingerprint density at radius 2 is 2.24 bits per heavy atom. The first kappa shape index (κ1) is 12.1. The molecule has 92 valence electrons. The second-order valence-electron chi connectivity index (χ2n) is 4.31. The van der Waals surface area contributed by atoms with Crippen molar-refractivity contribution in [3.63, 3.8) is 0 Å². The van der Waals surface area contributed by atoms with E-state index in [0.717, 1.165) is 17.8 Å². The van der Waals surface area contributed by atoms with Crippen LogP contribution in [-0.4, -0.2) is 31.2 Å². The molecule has 1 heterocycles. The van der Waals surface area contributed by atoms with Crippen LogP contribution in [0.4, 0.5) is 5.69 Å². The Hall–Kier alpha value is -1.39. The second-order valence-corrected chi connectivity index (χ2v) is 4.31. The fraction of sp³-hybridized carbons (Fsp3) is 0.462. The van der Waals surface area contributed by atoms with Gasteiger partial charge in [-0.2, -0.15) is 0 Å². The molecule has 0 unspecified atom stereocenters. The maximum absolute atomic E-state index is 12.1. The van der Waals surface area contributed by atoms with Gasteiger partial charge in [-0.05, 0) is 25.5 Å². The van der Waals surface area contributed by atoms with E-state index < -0.39 is 0 Å². The first-order valence-corrected chi connectivity index (χ1v) is 5.90. The summed E-state index contributed by atoms with van der Waals surface area (Å²) in [5.41, 5.74) is 1.92. The second kappa shape index (κ2) is 5.29. The summed E-state index contributed by atoms with van der Waals surface area (Å²) in [6, 6.07) is 7.47. The van der Waals surface area contributed by atoms with Gasteiger partial charge in [-0.15, -0.1) is 0 Å². The van der Waals surface area contributed by atoms with Crippen LogP contribution < -0.4 is 10.6 Å². The summed E-state index contributed by atoms with van der Waals surface area (Å²) in [7, 11) is 0. The van der Waals surface area contributed by atoms with Gasteiger partial charge in [-0.1, -0.05) is 18.2 Å². The number of ether oxygens (including phenoxy) is 1. The molecular weight excluding hydrogens is 216 g/mol. The Labute approximate surface area is 101 Å². The van der Waals surface area contributed by atoms with E-state index in [2.05, 4.69) is 10.6 Å². The number of hydrogen-bond donors (Lipinski definition) is 2. The van der Waals surface area contributed by atoms with Gasteiger partial charge in [-0.25, -0.2) is 0 Å². The number of rotatable bonds is 2. The molecule has 4 nitrogen and oxygen atoms in total. The van der Waals surface area contributed by atoms with Gasteiger partial charge >= 0.3 is 0 Å². The number of carbonyl (C=O) groups excluding carboxylic acids is 1. The Kier molecular flexibility index (Phi) is 3.76. The molecule has 1 aliphatic heterocycles. The Morgan fingerprint density at radius 1 is 1.47 bits per heavy atom. The number of amides is 1. The zero-order valence-electron chi connectivity index (χ0n) is 10.2. The average Bonchev–Trinajstić information content (AvgIpc) is 2.32. The van der Waals surface area contributed by atoms with Crippen LogP contribution in [0, 0.1) is 6.92 Å². The van der Waals surface area contributed by atoms with E-state index in [1.807, 2.05) is 38.1 Å². The van der Waals surface area contributed by atoms with E-state index in [1.54, 1.807) is 0 Å². The molecule has 4 heteroatoms. The van der Waals surface area contributed by atoms with Crippen LogP contribution in [0.15, 0.2) is 24.3 Å². The molecule has 0 bridgehead atoms. The minimum Gasteiger partial charge on any atom is -0.375 e. The van der Waals surface area contributed by atoms with Gasteiger partial charge in [0.1, 0.15) is 6.04 Å². The third-order valence-corrected chi connectivity index (χ3v) is 3.00. The van der Waals surface area contributed by atoms with Crippen LogP contribution in [0.25, 0.3) is 0 Å². The lowest BCUT2D eigenvalue weighted by Crippen LogP contribution is -2.53. The zero-order chi connectivity index (χ0) is 12.3. The molecule has 1 fully saturated rings. The number of morpholine rings is 1. The lowest BCUT2D eigenvalue weighted by molar-refractivity contribution is -0.123. The molecule has 1 aromatic rings. The van der Waals surface area contributed by atoms with Crippen molar-refractivity contribution in [1.29, 1.82) is 0 Å². The van der Waals surface area contributed by atoms with Crippen LogP contribution in [0.5, 0.6) is 0 Å². The van der Waals surface area contributed by atoms with Crippen molar-refractivity contribution in [2.24, 2.45) is 0 Å². The summed E-state index contributed by atoms with van der Waals surface area (Å²) in [5.74, 6) is -0.0356. The van der Waals surface area contributed by atoms with E-state index >= 15 is 0 Å². The summed E-state index contributed by atoms with van der Waals surface area (Å²) in [6.07, 6.45) is -0.0900. The largest absolute Gasteiger partial charge is 0.375 e. The lowest BCUT2D eigenvalue weighted by Gasteiger charge is -2.29. The van der Waals surface area contributed by atoms with Crippen LogP contribution in [0.2, 0.25) is 0 Å². The van der Waals surface area contributed by atoms with Crippen LogP contribution in [-0.2, 0) is 9.53 Å². The van der Waals surface area contributed by atoms with E-state index in [0.29, 0.717) is 6.61 Å². The molecule has 0 radical (unpaired) electrons. The molecule has 1 amide bonds. The third-order valence-electron chi connectivity index (χ3n) is 3.00. The van der Waals surface area contributed by atoms with Crippen molar-refractivity contribution in [1.82, 2.24) is 5.32 Å². The Morgan fingerprint density at radius 3 is 2.94 bits per heavy atom. The summed E-state index contributed by atoms with van der Waals surface area (Å²) < 4.78 is 5.46. The van der Waals surface area contributed by atoms with Gasteiger partial charge in [-0.3, -0.25) is 4.79 Å². The number of benzene rings is 1. The molecule has 0 aromatic heterocycles. The van der Waals surface area contributed by atoms with Crippen molar-refractivity contribution in [2.45, 2.75) is 26.0 Å². The first-order chi connectivity index (χ1) is 8.18. The highest BCUT2D eigenvalue weighted by Gasteiger charge is 2.28. The minimum absolute atomic E-state index is 0.0356. The first-order valence-electron chi connectivity index (χ1n) is 5.90. The van der Waals surface area contributed by atoms with E-state index in [-0.39, 0.29) is 18.1 Å². The standard InChI is InChI=1S/C13H18N2O2/c1-9-5-3-4-6-11(9)15-13(16)12-10(2)17-8-7-14-12/h3-6,10,12,14H,7-8H2,1-2H3,(H,15,16)/t10-,12+/m1/s1. The summed E-state index contributed by atoms with van der Waals surface area (Å²) >= 11 is 0. The molecular formula is C13H18N2O2. The van der Waals surface area contributed by atoms with Crippen molar-refractivity contribution in [3.8, 4) is 0 Å². The minimum atomic E-state index is -0.275. The molecule has 2 rings (SSSR count). The van der Waals surface area contributed by atoms with Crippen molar-refractivity contribution < 1.29 is 9.53 Å². The molecule has 2 atom stereocenters. The van der Waals surface area contributed by atoms with Crippen LogP contribution >= 0.6 is 0 Å². The Balaban J connectivity index is 2.03. The van der Waals surface area contributed by atoms with Gasteiger partial charge in [0.25, 0.3) is 0 Å². The fourth-order valence-corrected chi connectivity index (χ4v) is 1.95. The fourth-order valence-electron chi connectivity index (χ4n) is 1.95. The SMILES string of the molecule is Cc1ccccc1NC(=O)[C@H]1NCCO[C@@H]1C. The molecule has 1 aliphatic rings. The number of aryl methyl sites for hydroxylation is 1. The van der Waals surface area contributed by atoms with Crippen molar-refractivity contribution in [2.75, 3.05) is 18.5 Å². The highest BCUT2D eigenvalue weighted by atomic mass is 16.5. The highest BCUT2D eigenvalue weighted by molar-refractivity contribution is 5.95. The predicted octanol–water partition coefficient (Wildman–Crippen LogP) is 1.31. The van der Waals surface area contributed by atoms with Gasteiger partial charge in [0.05, 0.1) is 12.7 Å². The smallest absolute Gasteiger partial charge is 0.244 e. The van der Waals surface area contributed by atoms with Gasteiger partial charge in [0.15, 0.2) is 0 Å². The molecule has 2 N–H and O–H groups in total.